The maximum absolute atomic E-state index is 5.85. The van der Waals surface area contributed by atoms with E-state index in [4.69, 9.17) is 8.85 Å². The van der Waals surface area contributed by atoms with Crippen LogP contribution in [0.2, 0.25) is 12.6 Å². The SMILES string of the molecule is CCO[Si](C)(CCCN1CCNCC1)OCC. The molecule has 0 unspecified atom stereocenters. The molecule has 1 saturated heterocycles. The highest BCUT2D eigenvalue weighted by Crippen LogP contribution is 2.16. The highest BCUT2D eigenvalue weighted by molar-refractivity contribution is 6.66. The van der Waals surface area contributed by atoms with E-state index in [1.54, 1.807) is 0 Å². The Bertz CT molecular complexity index is 193. The van der Waals surface area contributed by atoms with Gasteiger partial charge in [-0.25, -0.2) is 0 Å². The van der Waals surface area contributed by atoms with Crippen molar-refractivity contribution in [1.29, 1.82) is 0 Å². The summed E-state index contributed by atoms with van der Waals surface area (Å²) in [5.74, 6) is 0. The Labute approximate surface area is 107 Å². The average Bonchev–Trinajstić information content (AvgIpc) is 2.31. The molecule has 0 aromatic heterocycles. The Balaban J connectivity index is 2.21. The minimum Gasteiger partial charge on any atom is -0.395 e. The van der Waals surface area contributed by atoms with Crippen molar-refractivity contribution in [3.05, 3.63) is 0 Å². The molecule has 0 amide bonds. The monoisotopic (exact) mass is 260 g/mol. The van der Waals surface area contributed by atoms with Crippen molar-refractivity contribution in [3.8, 4) is 0 Å². The lowest BCUT2D eigenvalue weighted by molar-refractivity contribution is 0.184. The Morgan fingerprint density at radius 3 is 2.24 bits per heavy atom. The second-order valence-electron chi connectivity index (χ2n) is 4.70. The van der Waals surface area contributed by atoms with Gasteiger partial charge in [-0.2, -0.15) is 0 Å². The summed E-state index contributed by atoms with van der Waals surface area (Å²) in [5, 5.41) is 3.38. The van der Waals surface area contributed by atoms with E-state index in [1.807, 2.05) is 0 Å². The fraction of sp³-hybridized carbons (Fsp3) is 1.00. The van der Waals surface area contributed by atoms with Crippen molar-refractivity contribution in [3.63, 3.8) is 0 Å². The van der Waals surface area contributed by atoms with Crippen LogP contribution < -0.4 is 5.32 Å². The number of nitrogens with zero attached hydrogens (tertiary/aromatic N) is 1. The number of piperazine rings is 1. The molecule has 0 radical (unpaired) electrons. The number of hydrogen-bond donors (Lipinski definition) is 1. The number of hydrogen-bond acceptors (Lipinski definition) is 4. The van der Waals surface area contributed by atoms with Crippen molar-refractivity contribution in [2.45, 2.75) is 32.9 Å². The molecule has 0 aromatic carbocycles. The second kappa shape index (κ2) is 8.21. The van der Waals surface area contributed by atoms with Gasteiger partial charge in [-0.15, -0.1) is 0 Å². The fourth-order valence-corrected chi connectivity index (χ4v) is 4.75. The average molecular weight is 260 g/mol. The Kier molecular flexibility index (Phi) is 7.30. The maximum Gasteiger partial charge on any atom is 0.334 e. The Morgan fingerprint density at radius 2 is 1.71 bits per heavy atom. The van der Waals surface area contributed by atoms with Gasteiger partial charge in [0.05, 0.1) is 0 Å². The molecule has 4 nitrogen and oxygen atoms in total. The third-order valence-corrected chi connectivity index (χ3v) is 6.27. The zero-order valence-corrected chi connectivity index (χ0v) is 12.6. The molecule has 0 bridgehead atoms. The molecular formula is C12H28N2O2Si. The lowest BCUT2D eigenvalue weighted by Crippen LogP contribution is -2.44. The molecule has 1 N–H and O–H groups in total. The van der Waals surface area contributed by atoms with Crippen LogP contribution in [0.1, 0.15) is 20.3 Å². The first-order valence-electron chi connectivity index (χ1n) is 6.91. The van der Waals surface area contributed by atoms with Crippen molar-refractivity contribution >= 4 is 8.56 Å². The lowest BCUT2D eigenvalue weighted by atomic mass is 10.3. The predicted molar refractivity (Wildman–Crippen MR) is 73.6 cm³/mol. The van der Waals surface area contributed by atoms with Crippen LogP contribution in [0.15, 0.2) is 0 Å². The topological polar surface area (TPSA) is 33.7 Å². The van der Waals surface area contributed by atoms with E-state index in [-0.39, 0.29) is 0 Å². The summed E-state index contributed by atoms with van der Waals surface area (Å²) in [5.41, 5.74) is 0. The lowest BCUT2D eigenvalue weighted by Gasteiger charge is -2.29. The van der Waals surface area contributed by atoms with Crippen LogP contribution in [0, 0.1) is 0 Å². The maximum atomic E-state index is 5.85. The third-order valence-electron chi connectivity index (χ3n) is 3.21. The highest BCUT2D eigenvalue weighted by Gasteiger charge is 2.30. The number of nitrogens with one attached hydrogen (secondary N) is 1. The molecule has 1 heterocycles. The van der Waals surface area contributed by atoms with Crippen LogP contribution in [0.25, 0.3) is 0 Å². The first-order chi connectivity index (χ1) is 8.20. The van der Waals surface area contributed by atoms with Gasteiger partial charge < -0.3 is 19.1 Å². The highest BCUT2D eigenvalue weighted by atomic mass is 28.4. The van der Waals surface area contributed by atoms with E-state index in [9.17, 15) is 0 Å². The molecule has 0 spiro atoms. The summed E-state index contributed by atoms with van der Waals surface area (Å²) in [4.78, 5) is 2.53. The normalized spacial score (nSPS) is 18.5. The summed E-state index contributed by atoms with van der Waals surface area (Å²) in [6.07, 6.45) is 1.20. The smallest absolute Gasteiger partial charge is 0.334 e. The quantitative estimate of drug-likeness (QED) is 0.669. The molecule has 0 aromatic rings. The minimum absolute atomic E-state index is 0.774. The molecule has 1 rings (SSSR count). The van der Waals surface area contributed by atoms with E-state index in [0.717, 1.165) is 32.3 Å². The van der Waals surface area contributed by atoms with Crippen LogP contribution in [-0.4, -0.2) is 59.4 Å². The third kappa shape index (κ3) is 5.97. The van der Waals surface area contributed by atoms with Crippen molar-refractivity contribution in [2.24, 2.45) is 0 Å². The summed E-state index contributed by atoms with van der Waals surface area (Å²) in [7, 11) is -1.88. The van der Waals surface area contributed by atoms with E-state index in [1.165, 1.54) is 26.1 Å². The van der Waals surface area contributed by atoms with Crippen molar-refractivity contribution in [1.82, 2.24) is 10.2 Å². The summed E-state index contributed by atoms with van der Waals surface area (Å²) >= 11 is 0. The van der Waals surface area contributed by atoms with Gasteiger partial charge in [-0.05, 0) is 39.4 Å². The van der Waals surface area contributed by atoms with Gasteiger partial charge in [0.2, 0.25) is 0 Å². The van der Waals surface area contributed by atoms with Gasteiger partial charge in [0, 0.05) is 39.4 Å². The van der Waals surface area contributed by atoms with Gasteiger partial charge in [0.15, 0.2) is 0 Å². The van der Waals surface area contributed by atoms with Gasteiger partial charge >= 0.3 is 8.56 Å². The summed E-state index contributed by atoms with van der Waals surface area (Å²) < 4.78 is 11.7. The fourth-order valence-electron chi connectivity index (χ4n) is 2.36. The largest absolute Gasteiger partial charge is 0.395 e. The van der Waals surface area contributed by atoms with Crippen molar-refractivity contribution in [2.75, 3.05) is 45.9 Å². The molecule has 0 saturated carbocycles. The standard InChI is InChI=1S/C12H28N2O2Si/c1-4-15-17(3,16-5-2)12-6-9-14-10-7-13-8-11-14/h13H,4-12H2,1-3H3. The Hall–Kier alpha value is 0.0569. The van der Waals surface area contributed by atoms with Crippen LogP contribution in [0.5, 0.6) is 0 Å². The van der Waals surface area contributed by atoms with E-state index >= 15 is 0 Å². The summed E-state index contributed by atoms with van der Waals surface area (Å²) in [6.45, 7) is 13.7. The summed E-state index contributed by atoms with van der Waals surface area (Å²) in [6, 6.07) is 1.11. The van der Waals surface area contributed by atoms with Crippen LogP contribution >= 0.6 is 0 Å². The number of rotatable bonds is 8. The van der Waals surface area contributed by atoms with Crippen LogP contribution in [0.3, 0.4) is 0 Å². The van der Waals surface area contributed by atoms with Crippen LogP contribution in [-0.2, 0) is 8.85 Å². The van der Waals surface area contributed by atoms with Gasteiger partial charge in [-0.1, -0.05) is 0 Å². The van der Waals surface area contributed by atoms with Gasteiger partial charge in [0.25, 0.3) is 0 Å². The molecule has 102 valence electrons. The van der Waals surface area contributed by atoms with E-state index in [0.29, 0.717) is 0 Å². The predicted octanol–water partition coefficient (Wildman–Crippen LogP) is 1.43. The first-order valence-corrected chi connectivity index (χ1v) is 9.43. The van der Waals surface area contributed by atoms with Crippen LogP contribution in [0.4, 0.5) is 0 Å². The van der Waals surface area contributed by atoms with Crippen molar-refractivity contribution < 1.29 is 8.85 Å². The molecule has 1 aliphatic rings. The Morgan fingerprint density at radius 1 is 1.12 bits per heavy atom. The van der Waals surface area contributed by atoms with E-state index in [2.05, 4.69) is 30.6 Å². The molecule has 1 aliphatic heterocycles. The van der Waals surface area contributed by atoms with Gasteiger partial charge in [0.1, 0.15) is 0 Å². The second-order valence-corrected chi connectivity index (χ2v) is 8.04. The molecule has 0 atom stereocenters. The molecule has 1 fully saturated rings. The zero-order valence-electron chi connectivity index (χ0n) is 11.6. The van der Waals surface area contributed by atoms with Gasteiger partial charge in [-0.3, -0.25) is 0 Å². The molecule has 0 aliphatic carbocycles. The zero-order chi connectivity index (χ0) is 12.6. The molecule has 17 heavy (non-hydrogen) atoms. The minimum atomic E-state index is -1.88. The molecular weight excluding hydrogens is 232 g/mol. The molecule has 5 heteroatoms. The first kappa shape index (κ1) is 15.1. The van der Waals surface area contributed by atoms with E-state index < -0.39 is 8.56 Å².